The van der Waals surface area contributed by atoms with E-state index in [0.717, 1.165) is 11.1 Å². The van der Waals surface area contributed by atoms with Crippen molar-refractivity contribution in [2.45, 2.75) is 0 Å². The zero-order valence-electron chi connectivity index (χ0n) is 12.1. The third kappa shape index (κ3) is 3.83. The number of nitrogens with one attached hydrogen (secondary N) is 1. The first-order chi connectivity index (χ1) is 11.2. The summed E-state index contributed by atoms with van der Waals surface area (Å²) < 4.78 is 2.01. The molecule has 0 saturated carbocycles. The lowest BCUT2D eigenvalue weighted by Gasteiger charge is -2.00. The van der Waals surface area contributed by atoms with E-state index in [4.69, 9.17) is 23.8 Å². The van der Waals surface area contributed by atoms with Crippen molar-refractivity contribution in [2.24, 2.45) is 5.10 Å². The van der Waals surface area contributed by atoms with Crippen molar-refractivity contribution >= 4 is 36.1 Å². The smallest absolute Gasteiger partial charge is 0.216 e. The molecule has 0 radical (unpaired) electrons. The Morgan fingerprint density at radius 1 is 1.09 bits per heavy atom. The maximum Gasteiger partial charge on any atom is 0.216 e. The van der Waals surface area contributed by atoms with Gasteiger partial charge >= 0.3 is 0 Å². The molecule has 1 N–H and O–H groups in total. The molecule has 23 heavy (non-hydrogen) atoms. The van der Waals surface area contributed by atoms with Crippen molar-refractivity contribution in [3.8, 4) is 11.4 Å². The van der Waals surface area contributed by atoms with Gasteiger partial charge in [0.1, 0.15) is 0 Å². The van der Waals surface area contributed by atoms with Gasteiger partial charge in [-0.2, -0.15) is 14.9 Å². The fourth-order valence-electron chi connectivity index (χ4n) is 2.01. The van der Waals surface area contributed by atoms with Crippen LogP contribution in [0.4, 0.5) is 0 Å². The van der Waals surface area contributed by atoms with Crippen LogP contribution in [-0.2, 0) is 0 Å². The highest BCUT2D eigenvalue weighted by Crippen LogP contribution is 2.19. The number of allylic oxidation sites excluding steroid dienone is 1. The van der Waals surface area contributed by atoms with E-state index in [9.17, 15) is 0 Å². The third-order valence-electron chi connectivity index (χ3n) is 3.11. The van der Waals surface area contributed by atoms with E-state index in [1.807, 2.05) is 54.6 Å². The average molecular weight is 341 g/mol. The number of aromatic nitrogens is 3. The van der Waals surface area contributed by atoms with E-state index in [1.54, 1.807) is 23.0 Å². The van der Waals surface area contributed by atoms with E-state index in [0.29, 0.717) is 15.6 Å². The van der Waals surface area contributed by atoms with Gasteiger partial charge < -0.3 is 0 Å². The van der Waals surface area contributed by atoms with Gasteiger partial charge in [0.15, 0.2) is 5.82 Å². The highest BCUT2D eigenvalue weighted by Gasteiger charge is 2.07. The molecule has 3 rings (SSSR count). The molecule has 3 aromatic rings. The summed E-state index contributed by atoms with van der Waals surface area (Å²) in [7, 11) is 0. The summed E-state index contributed by atoms with van der Waals surface area (Å²) >= 11 is 11.1. The van der Waals surface area contributed by atoms with E-state index < -0.39 is 0 Å². The Morgan fingerprint density at radius 3 is 2.57 bits per heavy atom. The topological polar surface area (TPSA) is 46.0 Å². The second-order valence-corrected chi connectivity index (χ2v) is 5.53. The molecule has 0 aliphatic carbocycles. The number of halogens is 1. The van der Waals surface area contributed by atoms with Gasteiger partial charge in [0.2, 0.25) is 4.77 Å². The van der Waals surface area contributed by atoms with Gasteiger partial charge in [0.05, 0.1) is 0 Å². The summed E-state index contributed by atoms with van der Waals surface area (Å²) in [4.78, 5) is 0. The van der Waals surface area contributed by atoms with E-state index in [-0.39, 0.29) is 0 Å². The minimum absolute atomic E-state index is 0.430. The summed E-state index contributed by atoms with van der Waals surface area (Å²) in [5.74, 6) is 0.635. The predicted octanol–water partition coefficient (Wildman–Crippen LogP) is 4.81. The normalized spacial score (nSPS) is 11.5. The van der Waals surface area contributed by atoms with Crippen molar-refractivity contribution < 1.29 is 0 Å². The van der Waals surface area contributed by atoms with E-state index in [1.165, 1.54) is 0 Å². The van der Waals surface area contributed by atoms with Gasteiger partial charge in [-0.1, -0.05) is 48.0 Å². The molecule has 1 aromatic heterocycles. The number of hydrogen-bond acceptors (Lipinski definition) is 3. The Kier molecular flexibility index (Phi) is 4.80. The van der Waals surface area contributed by atoms with Crippen molar-refractivity contribution in [3.63, 3.8) is 0 Å². The number of aromatic amines is 1. The predicted molar refractivity (Wildman–Crippen MR) is 97.2 cm³/mol. The number of nitrogens with zero attached hydrogens (tertiary/aromatic N) is 3. The molecule has 114 valence electrons. The van der Waals surface area contributed by atoms with Crippen LogP contribution in [0.15, 0.2) is 65.8 Å². The van der Waals surface area contributed by atoms with Crippen molar-refractivity contribution in [3.05, 3.63) is 76.0 Å². The molecule has 0 aliphatic rings. The van der Waals surface area contributed by atoms with E-state index >= 15 is 0 Å². The molecular weight excluding hydrogens is 328 g/mol. The van der Waals surface area contributed by atoms with E-state index in [2.05, 4.69) is 15.3 Å². The molecule has 0 atom stereocenters. The molecule has 0 saturated heterocycles. The number of hydrogen-bond donors (Lipinski definition) is 1. The lowest BCUT2D eigenvalue weighted by molar-refractivity contribution is 0.872. The van der Waals surface area contributed by atoms with Gasteiger partial charge in [0.25, 0.3) is 0 Å². The fraction of sp³-hybridized carbons (Fsp3) is 0. The fourth-order valence-corrected chi connectivity index (χ4v) is 2.31. The third-order valence-corrected chi connectivity index (χ3v) is 3.63. The zero-order valence-corrected chi connectivity index (χ0v) is 13.6. The van der Waals surface area contributed by atoms with Crippen LogP contribution in [0.1, 0.15) is 5.56 Å². The first kappa shape index (κ1) is 15.4. The average Bonchev–Trinajstić information content (AvgIpc) is 2.94. The zero-order chi connectivity index (χ0) is 16.1. The Morgan fingerprint density at radius 2 is 1.83 bits per heavy atom. The lowest BCUT2D eigenvalue weighted by Crippen LogP contribution is -1.93. The van der Waals surface area contributed by atoms with Crippen LogP contribution >= 0.6 is 23.8 Å². The van der Waals surface area contributed by atoms with Crippen molar-refractivity contribution in [1.82, 2.24) is 14.9 Å². The molecule has 0 aliphatic heterocycles. The molecule has 0 amide bonds. The maximum absolute atomic E-state index is 5.91. The van der Waals surface area contributed by atoms with Gasteiger partial charge in [-0.15, -0.1) is 0 Å². The summed E-state index contributed by atoms with van der Waals surface area (Å²) in [6.45, 7) is 0. The minimum atomic E-state index is 0.430. The maximum atomic E-state index is 5.91. The molecule has 2 aromatic carbocycles. The van der Waals surface area contributed by atoms with Crippen molar-refractivity contribution in [1.29, 1.82) is 0 Å². The molecule has 4 nitrogen and oxygen atoms in total. The van der Waals surface area contributed by atoms with Crippen LogP contribution in [0.2, 0.25) is 5.02 Å². The molecule has 0 bridgehead atoms. The molecular formula is C17H13ClN4S. The van der Waals surface area contributed by atoms with Gasteiger partial charge in [-0.3, -0.25) is 0 Å². The number of benzene rings is 2. The summed E-state index contributed by atoms with van der Waals surface area (Å²) in [5.41, 5.74) is 1.98. The van der Waals surface area contributed by atoms with Gasteiger partial charge in [-0.05, 0) is 48.1 Å². The number of rotatable bonds is 4. The highest BCUT2D eigenvalue weighted by molar-refractivity contribution is 7.71. The monoisotopic (exact) mass is 340 g/mol. The minimum Gasteiger partial charge on any atom is -0.250 e. The second kappa shape index (κ2) is 7.17. The SMILES string of the molecule is S=c1[nH]nc(-c2ccc(Cl)cc2)n1/N=C/C=C/c1ccccc1. The van der Waals surface area contributed by atoms with Crippen LogP contribution in [-0.4, -0.2) is 21.1 Å². The first-order valence-corrected chi connectivity index (χ1v) is 7.72. The standard InChI is InChI=1S/C17H13ClN4S/c18-15-10-8-14(9-11-15)16-20-21-17(23)22(16)19-12-4-7-13-5-2-1-3-6-13/h1-12H,(H,21,23)/b7-4+,19-12+. The van der Waals surface area contributed by atoms with Crippen LogP contribution in [0.3, 0.4) is 0 Å². The molecule has 0 spiro atoms. The quantitative estimate of drug-likeness (QED) is 0.547. The molecule has 0 unspecified atom stereocenters. The van der Waals surface area contributed by atoms with Crippen LogP contribution in [0.5, 0.6) is 0 Å². The number of H-pyrrole nitrogens is 1. The second-order valence-electron chi connectivity index (χ2n) is 4.71. The van der Waals surface area contributed by atoms with Crippen LogP contribution in [0.25, 0.3) is 17.5 Å². The Bertz CT molecular complexity index is 892. The van der Waals surface area contributed by atoms with Crippen LogP contribution in [0, 0.1) is 4.77 Å². The first-order valence-electron chi connectivity index (χ1n) is 6.93. The summed E-state index contributed by atoms with van der Waals surface area (Å²) in [6, 6.07) is 17.4. The van der Waals surface area contributed by atoms with Gasteiger partial charge in [0, 0.05) is 16.8 Å². The summed E-state index contributed by atoms with van der Waals surface area (Å²) in [6.07, 6.45) is 5.50. The molecule has 0 fully saturated rings. The Labute approximate surface area is 143 Å². The highest BCUT2D eigenvalue weighted by atomic mass is 35.5. The Balaban J connectivity index is 1.84. The van der Waals surface area contributed by atoms with Crippen molar-refractivity contribution in [2.75, 3.05) is 0 Å². The summed E-state index contributed by atoms with van der Waals surface area (Å²) in [5, 5.41) is 12.0. The Hall–Kier alpha value is -2.50. The molecule has 1 heterocycles. The van der Waals surface area contributed by atoms with Crippen LogP contribution < -0.4 is 0 Å². The largest absolute Gasteiger partial charge is 0.250 e. The molecule has 6 heteroatoms. The van der Waals surface area contributed by atoms with Gasteiger partial charge in [-0.25, -0.2) is 5.10 Å². The lowest BCUT2D eigenvalue weighted by atomic mass is 10.2.